The Hall–Kier alpha value is -2.83. The van der Waals surface area contributed by atoms with E-state index in [9.17, 15) is 4.79 Å². The van der Waals surface area contributed by atoms with E-state index in [1.165, 1.54) is 11.8 Å². The van der Waals surface area contributed by atoms with Crippen LogP contribution >= 0.6 is 27.5 Å². The lowest BCUT2D eigenvalue weighted by Crippen LogP contribution is -2.18. The Bertz CT molecular complexity index is 1130. The number of rotatable bonds is 8. The van der Waals surface area contributed by atoms with Crippen LogP contribution in [0.4, 0.5) is 0 Å². The van der Waals surface area contributed by atoms with Crippen LogP contribution in [0.3, 0.4) is 0 Å². The van der Waals surface area contributed by atoms with Gasteiger partial charge in [-0.25, -0.2) is 5.43 Å². The van der Waals surface area contributed by atoms with Crippen LogP contribution in [0, 0.1) is 13.8 Å². The summed E-state index contributed by atoms with van der Waals surface area (Å²) in [7, 11) is 0. The molecular weight excluding hydrogens is 492 g/mol. The second kappa shape index (κ2) is 11.2. The number of nitrogens with zero attached hydrogens (tertiary/aromatic N) is 1. The fourth-order valence-electron chi connectivity index (χ4n) is 2.90. The van der Waals surface area contributed by atoms with Gasteiger partial charge in [-0.2, -0.15) is 5.10 Å². The molecule has 0 spiro atoms. The van der Waals surface area contributed by atoms with E-state index in [2.05, 4.69) is 38.6 Å². The topological polar surface area (TPSA) is 59.9 Å². The summed E-state index contributed by atoms with van der Waals surface area (Å²) < 4.78 is 12.5. The van der Waals surface area contributed by atoms with Gasteiger partial charge in [0.15, 0.2) is 11.5 Å². The van der Waals surface area contributed by atoms with Crippen molar-refractivity contribution in [1.82, 2.24) is 5.43 Å². The van der Waals surface area contributed by atoms with Crippen molar-refractivity contribution >= 4 is 39.7 Å². The molecule has 0 aromatic heterocycles. The van der Waals surface area contributed by atoms with E-state index in [0.29, 0.717) is 35.3 Å². The zero-order chi connectivity index (χ0) is 23.1. The summed E-state index contributed by atoms with van der Waals surface area (Å²) in [5.41, 5.74) is 6.84. The maximum Gasteiger partial charge on any atom is 0.272 e. The highest BCUT2D eigenvalue weighted by Crippen LogP contribution is 2.34. The Labute approximate surface area is 201 Å². The van der Waals surface area contributed by atoms with Gasteiger partial charge in [-0.1, -0.05) is 47.5 Å². The molecule has 3 aromatic carbocycles. The van der Waals surface area contributed by atoms with Crippen LogP contribution in [-0.4, -0.2) is 18.7 Å². The van der Waals surface area contributed by atoms with Crippen LogP contribution in [0.25, 0.3) is 0 Å². The Balaban J connectivity index is 1.72. The van der Waals surface area contributed by atoms with E-state index in [1.54, 1.807) is 12.1 Å². The molecule has 0 atom stereocenters. The number of carbonyl (C=O) groups is 1. The summed E-state index contributed by atoms with van der Waals surface area (Å²) in [6, 6.07) is 17.1. The minimum atomic E-state index is -0.384. The van der Waals surface area contributed by atoms with Gasteiger partial charge >= 0.3 is 0 Å². The first-order chi connectivity index (χ1) is 15.4. The Morgan fingerprint density at radius 1 is 1.03 bits per heavy atom. The molecule has 0 heterocycles. The average molecular weight is 516 g/mol. The highest BCUT2D eigenvalue weighted by atomic mass is 79.9. The van der Waals surface area contributed by atoms with Gasteiger partial charge in [-0.3, -0.25) is 4.79 Å². The highest BCUT2D eigenvalue weighted by molar-refractivity contribution is 9.10. The smallest absolute Gasteiger partial charge is 0.272 e. The lowest BCUT2D eigenvalue weighted by atomic mass is 10.1. The number of amides is 1. The zero-order valence-electron chi connectivity index (χ0n) is 18.1. The molecule has 0 aliphatic rings. The minimum absolute atomic E-state index is 0.364. The van der Waals surface area contributed by atoms with Gasteiger partial charge in [-0.05, 0) is 72.1 Å². The molecule has 0 unspecified atom stereocenters. The first-order valence-electron chi connectivity index (χ1n) is 10.1. The molecule has 166 valence electrons. The summed E-state index contributed by atoms with van der Waals surface area (Å²) in [6.45, 7) is 6.78. The average Bonchev–Trinajstić information content (AvgIpc) is 2.75. The molecule has 0 saturated heterocycles. The number of halogens is 2. The van der Waals surface area contributed by atoms with Crippen LogP contribution in [0.15, 0.2) is 64.2 Å². The van der Waals surface area contributed by atoms with Crippen LogP contribution < -0.4 is 14.9 Å². The molecule has 1 N–H and O–H groups in total. The monoisotopic (exact) mass is 514 g/mol. The number of carbonyl (C=O) groups excluding carboxylic acids is 1. The molecule has 32 heavy (non-hydrogen) atoms. The van der Waals surface area contributed by atoms with Gasteiger partial charge in [0, 0.05) is 10.0 Å². The van der Waals surface area contributed by atoms with Crippen LogP contribution in [0.5, 0.6) is 11.5 Å². The predicted octanol–water partition coefficient (Wildman–Crippen LogP) is 6.46. The lowest BCUT2D eigenvalue weighted by molar-refractivity contribution is 0.0955. The number of hydrogen-bond donors (Lipinski definition) is 1. The van der Waals surface area contributed by atoms with Crippen molar-refractivity contribution in [3.05, 3.63) is 91.9 Å². The molecule has 1 amide bonds. The van der Waals surface area contributed by atoms with E-state index >= 15 is 0 Å². The standard InChI is InChI=1S/C25H24BrClN2O3/c1-4-31-23-12-19(14-28-29-25(30)20-10-7-17(3)11-22(20)27)21(26)13-24(23)32-15-18-8-5-16(2)6-9-18/h5-14H,4,15H2,1-3H3,(H,29,30)/b28-14-. The molecule has 0 aliphatic carbocycles. The molecule has 0 fully saturated rings. The highest BCUT2D eigenvalue weighted by Gasteiger charge is 2.12. The van der Waals surface area contributed by atoms with E-state index in [4.69, 9.17) is 21.1 Å². The summed E-state index contributed by atoms with van der Waals surface area (Å²) in [6.07, 6.45) is 1.54. The fraction of sp³-hybridized carbons (Fsp3) is 0.200. The number of nitrogens with one attached hydrogen (secondary N) is 1. The maximum absolute atomic E-state index is 12.4. The molecule has 0 bridgehead atoms. The summed E-state index contributed by atoms with van der Waals surface area (Å²) >= 11 is 9.69. The molecule has 0 aliphatic heterocycles. The van der Waals surface area contributed by atoms with Crippen molar-refractivity contribution in [1.29, 1.82) is 0 Å². The zero-order valence-corrected chi connectivity index (χ0v) is 20.5. The van der Waals surface area contributed by atoms with Gasteiger partial charge in [0.2, 0.25) is 0 Å². The Morgan fingerprint density at radius 2 is 1.72 bits per heavy atom. The Morgan fingerprint density at radius 3 is 2.41 bits per heavy atom. The number of benzene rings is 3. The van der Waals surface area contributed by atoms with Crippen molar-refractivity contribution in [2.24, 2.45) is 5.10 Å². The normalized spacial score (nSPS) is 10.9. The molecule has 5 nitrogen and oxygen atoms in total. The van der Waals surface area contributed by atoms with Gasteiger partial charge in [0.1, 0.15) is 6.61 Å². The van der Waals surface area contributed by atoms with Gasteiger partial charge in [0.05, 0.1) is 23.4 Å². The molecule has 3 rings (SSSR count). The largest absolute Gasteiger partial charge is 0.490 e. The first kappa shape index (κ1) is 23.8. The van der Waals surface area contributed by atoms with Gasteiger partial charge in [0.25, 0.3) is 5.91 Å². The van der Waals surface area contributed by atoms with Crippen molar-refractivity contribution in [3.8, 4) is 11.5 Å². The van der Waals surface area contributed by atoms with Crippen molar-refractivity contribution in [2.45, 2.75) is 27.4 Å². The van der Waals surface area contributed by atoms with E-state index < -0.39 is 0 Å². The molecule has 0 saturated carbocycles. The van der Waals surface area contributed by atoms with Gasteiger partial charge in [-0.15, -0.1) is 0 Å². The second-order valence-electron chi connectivity index (χ2n) is 7.21. The molecule has 0 radical (unpaired) electrons. The van der Waals surface area contributed by atoms with Crippen LogP contribution in [-0.2, 0) is 6.61 Å². The van der Waals surface area contributed by atoms with Crippen LogP contribution in [0.1, 0.15) is 39.5 Å². The first-order valence-corrected chi connectivity index (χ1v) is 11.3. The third-order valence-corrected chi connectivity index (χ3v) is 5.62. The van der Waals surface area contributed by atoms with E-state index in [0.717, 1.165) is 21.2 Å². The Kier molecular flexibility index (Phi) is 8.31. The van der Waals surface area contributed by atoms with E-state index in [1.807, 2.05) is 51.1 Å². The van der Waals surface area contributed by atoms with Gasteiger partial charge < -0.3 is 9.47 Å². The third kappa shape index (κ3) is 6.34. The SMILES string of the molecule is CCOc1cc(/C=N\NC(=O)c2ccc(C)cc2Cl)c(Br)cc1OCc1ccc(C)cc1. The van der Waals surface area contributed by atoms with Crippen molar-refractivity contribution in [2.75, 3.05) is 6.61 Å². The summed E-state index contributed by atoms with van der Waals surface area (Å²) in [5.74, 6) is 0.828. The molecule has 7 heteroatoms. The summed E-state index contributed by atoms with van der Waals surface area (Å²) in [4.78, 5) is 12.4. The molecule has 3 aromatic rings. The fourth-order valence-corrected chi connectivity index (χ4v) is 3.65. The maximum atomic E-state index is 12.4. The predicted molar refractivity (Wildman–Crippen MR) is 132 cm³/mol. The lowest BCUT2D eigenvalue weighted by Gasteiger charge is -2.14. The second-order valence-corrected chi connectivity index (χ2v) is 8.47. The van der Waals surface area contributed by atoms with Crippen LogP contribution in [0.2, 0.25) is 5.02 Å². The number of hydrogen-bond acceptors (Lipinski definition) is 4. The number of hydrazone groups is 1. The van der Waals surface area contributed by atoms with E-state index in [-0.39, 0.29) is 5.91 Å². The van der Waals surface area contributed by atoms with Crippen molar-refractivity contribution in [3.63, 3.8) is 0 Å². The summed E-state index contributed by atoms with van der Waals surface area (Å²) in [5, 5.41) is 4.45. The minimum Gasteiger partial charge on any atom is -0.490 e. The quantitative estimate of drug-likeness (QED) is 0.277. The van der Waals surface area contributed by atoms with Crippen molar-refractivity contribution < 1.29 is 14.3 Å². The number of ether oxygens (including phenoxy) is 2. The third-order valence-electron chi connectivity index (χ3n) is 4.62. The molecular formula is C25H24BrClN2O3. The number of aryl methyl sites for hydroxylation is 2.